The highest BCUT2D eigenvalue weighted by Crippen LogP contribution is 2.25. The minimum atomic E-state index is -0.613. The second kappa shape index (κ2) is 11.3. The quantitative estimate of drug-likeness (QED) is 0.456. The lowest BCUT2D eigenvalue weighted by atomic mass is 10.0. The summed E-state index contributed by atoms with van der Waals surface area (Å²) in [5.41, 5.74) is 9.74. The number of likely N-dealkylation sites (N-methyl/N-ethyl adjacent to an activating group) is 1. The van der Waals surface area contributed by atoms with E-state index in [-0.39, 0.29) is 12.5 Å². The highest BCUT2D eigenvalue weighted by Gasteiger charge is 2.12. The smallest absolute Gasteiger partial charge is 0.251 e. The van der Waals surface area contributed by atoms with Crippen LogP contribution < -0.4 is 11.1 Å². The van der Waals surface area contributed by atoms with Gasteiger partial charge in [0.25, 0.3) is 5.91 Å². The zero-order valence-corrected chi connectivity index (χ0v) is 19.2. The van der Waals surface area contributed by atoms with E-state index in [1.807, 2.05) is 33.2 Å². The van der Waals surface area contributed by atoms with Crippen molar-refractivity contribution in [3.05, 3.63) is 65.6 Å². The van der Waals surface area contributed by atoms with E-state index in [9.17, 15) is 9.90 Å². The number of nitrogens with two attached hydrogens (primary N) is 1. The number of aryl methyl sites for hydroxylation is 1. The highest BCUT2D eigenvalue weighted by atomic mass is 16.3. The number of hydrogen-bond donors (Lipinski definition) is 3. The van der Waals surface area contributed by atoms with Crippen LogP contribution in [0.4, 0.5) is 5.82 Å². The number of aromatic nitrogens is 3. The first-order chi connectivity index (χ1) is 15.9. The lowest BCUT2D eigenvalue weighted by Gasteiger charge is -2.22. The summed E-state index contributed by atoms with van der Waals surface area (Å²) in [6, 6.07) is 8.85. The number of aliphatic hydroxyl groups excluding tert-OH is 1. The first kappa shape index (κ1) is 24.0. The van der Waals surface area contributed by atoms with Crippen molar-refractivity contribution in [2.45, 2.75) is 20.0 Å². The third kappa shape index (κ3) is 6.42. The van der Waals surface area contributed by atoms with Gasteiger partial charge >= 0.3 is 0 Å². The maximum Gasteiger partial charge on any atom is 0.251 e. The van der Waals surface area contributed by atoms with Crippen molar-refractivity contribution in [2.75, 3.05) is 31.9 Å². The fourth-order valence-corrected chi connectivity index (χ4v) is 3.41. The molecule has 0 aliphatic rings. The van der Waals surface area contributed by atoms with E-state index in [1.165, 1.54) is 0 Å². The van der Waals surface area contributed by atoms with Crippen LogP contribution in [0.2, 0.25) is 0 Å². The maximum atomic E-state index is 12.4. The number of carbonyl (C=O) groups is 1. The summed E-state index contributed by atoms with van der Waals surface area (Å²) in [5.74, 6) is 6.32. The number of rotatable bonds is 8. The molecule has 0 aliphatic heterocycles. The van der Waals surface area contributed by atoms with Crippen LogP contribution in [0.25, 0.3) is 11.1 Å². The number of pyridine rings is 1. The fourth-order valence-electron chi connectivity index (χ4n) is 3.41. The molecule has 1 unspecified atom stereocenters. The number of carbonyl (C=O) groups excluding carboxylic acids is 1. The number of anilines is 1. The van der Waals surface area contributed by atoms with Gasteiger partial charge in [-0.3, -0.25) is 9.48 Å². The molecule has 0 saturated carbocycles. The molecule has 3 rings (SSSR count). The van der Waals surface area contributed by atoms with Crippen molar-refractivity contribution in [2.24, 2.45) is 7.05 Å². The fraction of sp³-hybridized carbons (Fsp3) is 0.320. The number of nitrogens with one attached hydrogen (secondary N) is 1. The van der Waals surface area contributed by atoms with E-state index in [0.29, 0.717) is 23.5 Å². The van der Waals surface area contributed by atoms with Crippen molar-refractivity contribution >= 4 is 11.7 Å². The summed E-state index contributed by atoms with van der Waals surface area (Å²) >= 11 is 0. The van der Waals surface area contributed by atoms with Crippen LogP contribution in [0.15, 0.2) is 48.9 Å². The normalized spacial score (nSPS) is 11.7. The predicted molar refractivity (Wildman–Crippen MR) is 129 cm³/mol. The Morgan fingerprint density at radius 2 is 1.94 bits per heavy atom. The second-order valence-corrected chi connectivity index (χ2v) is 7.70. The summed E-state index contributed by atoms with van der Waals surface area (Å²) in [7, 11) is 1.85. The number of benzene rings is 1. The molecule has 3 aromatic rings. The third-order valence-electron chi connectivity index (χ3n) is 5.34. The zero-order chi connectivity index (χ0) is 23.8. The molecule has 0 aliphatic carbocycles. The van der Waals surface area contributed by atoms with Crippen LogP contribution in [0.1, 0.15) is 35.3 Å². The first-order valence-electron chi connectivity index (χ1n) is 11.0. The Bertz CT molecular complexity index is 1140. The number of amides is 1. The van der Waals surface area contributed by atoms with Gasteiger partial charge in [-0.1, -0.05) is 25.7 Å². The van der Waals surface area contributed by atoms with Gasteiger partial charge in [0.2, 0.25) is 0 Å². The van der Waals surface area contributed by atoms with Crippen molar-refractivity contribution in [1.82, 2.24) is 25.0 Å². The van der Waals surface area contributed by atoms with E-state index >= 15 is 0 Å². The van der Waals surface area contributed by atoms with Crippen LogP contribution in [0.3, 0.4) is 0 Å². The van der Waals surface area contributed by atoms with E-state index in [0.717, 1.165) is 29.8 Å². The number of hydrogen-bond acceptors (Lipinski definition) is 6. The number of aliphatic hydroxyl groups is 1. The number of nitrogen functional groups attached to an aromatic ring is 1. The Kier molecular flexibility index (Phi) is 8.19. The Balaban J connectivity index is 1.67. The molecule has 1 aromatic carbocycles. The van der Waals surface area contributed by atoms with E-state index < -0.39 is 6.10 Å². The van der Waals surface area contributed by atoms with Crippen LogP contribution in [0, 0.1) is 11.8 Å². The standard InChI is InChI=1S/C25H30N6O2/c1-4-31(5-2)17-21(32)15-28-25(33)19-9-6-18(7-10-19)8-11-23-22(12-13-27-24(23)26)20-14-29-30(3)16-20/h6-7,9-10,12-14,16,21,32H,4-5,15,17H2,1-3H3,(H2,26,27)(H,28,33). The lowest BCUT2D eigenvalue weighted by molar-refractivity contribution is 0.0869. The Hall–Kier alpha value is -3.67. The van der Waals surface area contributed by atoms with Gasteiger partial charge in [-0.15, -0.1) is 0 Å². The van der Waals surface area contributed by atoms with Gasteiger partial charge in [0, 0.05) is 54.8 Å². The van der Waals surface area contributed by atoms with Gasteiger partial charge in [0.15, 0.2) is 0 Å². The molecule has 2 aromatic heterocycles. The van der Waals surface area contributed by atoms with Gasteiger partial charge in [0.1, 0.15) is 5.82 Å². The monoisotopic (exact) mass is 446 g/mol. The molecule has 0 saturated heterocycles. The molecule has 2 heterocycles. The molecule has 8 heteroatoms. The summed E-state index contributed by atoms with van der Waals surface area (Å²) in [4.78, 5) is 18.7. The molecule has 0 bridgehead atoms. The van der Waals surface area contributed by atoms with Crippen LogP contribution >= 0.6 is 0 Å². The molecular weight excluding hydrogens is 416 g/mol. The average Bonchev–Trinajstić information content (AvgIpc) is 3.26. The third-order valence-corrected chi connectivity index (χ3v) is 5.34. The van der Waals surface area contributed by atoms with Crippen molar-refractivity contribution < 1.29 is 9.90 Å². The predicted octanol–water partition coefficient (Wildman–Crippen LogP) is 1.90. The Morgan fingerprint density at radius 3 is 2.58 bits per heavy atom. The van der Waals surface area contributed by atoms with Gasteiger partial charge in [-0.25, -0.2) is 4.98 Å². The summed E-state index contributed by atoms with van der Waals surface area (Å²) in [5, 5.41) is 17.1. The lowest BCUT2D eigenvalue weighted by Crippen LogP contribution is -2.40. The largest absolute Gasteiger partial charge is 0.390 e. The average molecular weight is 447 g/mol. The molecule has 1 amide bonds. The van der Waals surface area contributed by atoms with Crippen LogP contribution in [-0.2, 0) is 7.05 Å². The molecule has 4 N–H and O–H groups in total. The van der Waals surface area contributed by atoms with Gasteiger partial charge < -0.3 is 21.1 Å². The SMILES string of the molecule is CCN(CC)CC(O)CNC(=O)c1ccc(C#Cc2c(-c3cnn(C)c3)ccnc2N)cc1. The molecule has 8 nitrogen and oxygen atoms in total. The summed E-state index contributed by atoms with van der Waals surface area (Å²) in [6.45, 7) is 6.54. The molecule has 0 fully saturated rings. The van der Waals surface area contributed by atoms with E-state index in [1.54, 1.807) is 41.3 Å². The van der Waals surface area contributed by atoms with E-state index in [2.05, 4.69) is 32.1 Å². The minimum Gasteiger partial charge on any atom is -0.390 e. The Labute approximate surface area is 194 Å². The highest BCUT2D eigenvalue weighted by molar-refractivity contribution is 5.94. The van der Waals surface area contributed by atoms with Crippen LogP contribution in [-0.4, -0.2) is 63.0 Å². The van der Waals surface area contributed by atoms with Crippen LogP contribution in [0.5, 0.6) is 0 Å². The molecule has 0 radical (unpaired) electrons. The first-order valence-corrected chi connectivity index (χ1v) is 11.0. The molecule has 0 spiro atoms. The molecule has 1 atom stereocenters. The van der Waals surface area contributed by atoms with Gasteiger partial charge in [-0.05, 0) is 43.4 Å². The van der Waals surface area contributed by atoms with E-state index in [4.69, 9.17) is 5.73 Å². The zero-order valence-electron chi connectivity index (χ0n) is 19.2. The molecule has 33 heavy (non-hydrogen) atoms. The molecular formula is C25H30N6O2. The van der Waals surface area contributed by atoms with Gasteiger partial charge in [-0.2, -0.15) is 5.10 Å². The minimum absolute atomic E-state index is 0.203. The summed E-state index contributed by atoms with van der Waals surface area (Å²) < 4.78 is 1.72. The van der Waals surface area contributed by atoms with Crippen molar-refractivity contribution in [3.8, 4) is 23.0 Å². The summed E-state index contributed by atoms with van der Waals surface area (Å²) in [6.07, 6.45) is 4.69. The second-order valence-electron chi connectivity index (χ2n) is 7.70. The molecule has 172 valence electrons. The Morgan fingerprint density at radius 1 is 1.21 bits per heavy atom. The van der Waals surface area contributed by atoms with Gasteiger partial charge in [0.05, 0.1) is 17.9 Å². The maximum absolute atomic E-state index is 12.4. The van der Waals surface area contributed by atoms with Crippen molar-refractivity contribution in [3.63, 3.8) is 0 Å². The topological polar surface area (TPSA) is 109 Å². The van der Waals surface area contributed by atoms with Crippen molar-refractivity contribution in [1.29, 1.82) is 0 Å². The number of nitrogens with zero attached hydrogens (tertiary/aromatic N) is 4.